The fourth-order valence-corrected chi connectivity index (χ4v) is 2.86. The van der Waals surface area contributed by atoms with Gasteiger partial charge in [0.1, 0.15) is 5.82 Å². The maximum absolute atomic E-state index is 6.28. The van der Waals surface area contributed by atoms with Gasteiger partial charge in [-0.2, -0.15) is 0 Å². The quantitative estimate of drug-likeness (QED) is 0.797. The van der Waals surface area contributed by atoms with E-state index in [1.807, 2.05) is 6.07 Å². The van der Waals surface area contributed by atoms with E-state index >= 15 is 0 Å². The normalized spacial score (nSPS) is 24.3. The first kappa shape index (κ1) is 13.9. The fourth-order valence-electron chi connectivity index (χ4n) is 2.41. The molecular weight excluding hydrogens is 271 g/mol. The Hall–Kier alpha value is -0.510. The van der Waals surface area contributed by atoms with Gasteiger partial charge in [-0.3, -0.25) is 0 Å². The summed E-state index contributed by atoms with van der Waals surface area (Å²) in [6.07, 6.45) is 4.16. The summed E-state index contributed by atoms with van der Waals surface area (Å²) in [5, 5.41) is 0.677. The maximum atomic E-state index is 6.28. The zero-order valence-corrected chi connectivity index (χ0v) is 12.2. The molecule has 0 amide bonds. The number of methoxy groups -OCH3 is 1. The average Bonchev–Trinajstić information content (AvgIpc) is 2.39. The summed E-state index contributed by atoms with van der Waals surface area (Å²) in [5.41, 5.74) is 0.949. The van der Waals surface area contributed by atoms with Crippen LogP contribution in [0.2, 0.25) is 5.02 Å². The van der Waals surface area contributed by atoms with E-state index in [4.69, 9.17) is 27.9 Å². The van der Waals surface area contributed by atoms with Crippen molar-refractivity contribution in [1.29, 1.82) is 0 Å². The number of pyridine rings is 1. The van der Waals surface area contributed by atoms with Gasteiger partial charge in [0.15, 0.2) is 0 Å². The third-order valence-corrected chi connectivity index (χ3v) is 4.05. The molecule has 0 aromatic carbocycles. The van der Waals surface area contributed by atoms with Crippen molar-refractivity contribution in [3.8, 4) is 0 Å². The molecule has 1 aliphatic rings. The molecule has 2 atom stereocenters. The van der Waals surface area contributed by atoms with E-state index in [-0.39, 0.29) is 0 Å². The monoisotopic (exact) mass is 288 g/mol. The molecule has 0 N–H and O–H groups in total. The van der Waals surface area contributed by atoms with Crippen LogP contribution in [0.5, 0.6) is 0 Å². The van der Waals surface area contributed by atoms with Gasteiger partial charge in [0.2, 0.25) is 0 Å². The van der Waals surface area contributed by atoms with E-state index in [1.165, 1.54) is 0 Å². The van der Waals surface area contributed by atoms with Gasteiger partial charge < -0.3 is 9.64 Å². The van der Waals surface area contributed by atoms with Crippen LogP contribution in [-0.4, -0.2) is 30.8 Å². The predicted molar refractivity (Wildman–Crippen MR) is 75.6 cm³/mol. The molecule has 0 saturated carbocycles. The second kappa shape index (κ2) is 6.09. The van der Waals surface area contributed by atoms with Crippen molar-refractivity contribution < 1.29 is 4.74 Å². The summed E-state index contributed by atoms with van der Waals surface area (Å²) in [6.45, 7) is 3.10. The molecule has 0 aliphatic carbocycles. The number of halogens is 2. The fraction of sp³-hybridized carbons (Fsp3) is 0.615. The molecule has 100 valence electrons. The Balaban J connectivity index is 2.16. The third kappa shape index (κ3) is 2.90. The van der Waals surface area contributed by atoms with Gasteiger partial charge in [-0.15, -0.1) is 11.6 Å². The molecule has 0 radical (unpaired) electrons. The first-order valence-electron chi connectivity index (χ1n) is 6.15. The molecule has 1 fully saturated rings. The molecule has 18 heavy (non-hydrogen) atoms. The Labute approximate surface area is 118 Å². The molecule has 1 aromatic rings. The van der Waals surface area contributed by atoms with Crippen LogP contribution in [0.3, 0.4) is 0 Å². The van der Waals surface area contributed by atoms with Crippen LogP contribution in [0.4, 0.5) is 5.82 Å². The van der Waals surface area contributed by atoms with Gasteiger partial charge in [-0.25, -0.2) is 4.98 Å². The lowest BCUT2D eigenvalue weighted by molar-refractivity contribution is 0.0719. The minimum atomic E-state index is 0.345. The van der Waals surface area contributed by atoms with Crippen LogP contribution >= 0.6 is 23.2 Å². The number of aromatic nitrogens is 1. The molecule has 2 heterocycles. The summed E-state index contributed by atoms with van der Waals surface area (Å²) in [6, 6.07) is 2.28. The summed E-state index contributed by atoms with van der Waals surface area (Å²) in [7, 11) is 1.77. The Kier molecular flexibility index (Phi) is 4.71. The Morgan fingerprint density at radius 3 is 2.89 bits per heavy atom. The number of ether oxygens (including phenoxy) is 1. The van der Waals surface area contributed by atoms with E-state index in [0.29, 0.717) is 23.0 Å². The Morgan fingerprint density at radius 1 is 1.56 bits per heavy atom. The molecule has 1 aromatic heterocycles. The minimum absolute atomic E-state index is 0.345. The van der Waals surface area contributed by atoms with Crippen LogP contribution in [0.25, 0.3) is 0 Å². The molecule has 1 saturated heterocycles. The van der Waals surface area contributed by atoms with Gasteiger partial charge in [0.05, 0.1) is 11.1 Å². The topological polar surface area (TPSA) is 25.4 Å². The van der Waals surface area contributed by atoms with E-state index in [9.17, 15) is 0 Å². The number of hydrogen-bond donors (Lipinski definition) is 0. The van der Waals surface area contributed by atoms with Gasteiger partial charge in [0, 0.05) is 31.8 Å². The van der Waals surface area contributed by atoms with Crippen molar-refractivity contribution in [2.75, 3.05) is 18.6 Å². The largest absolute Gasteiger partial charge is 0.381 e. The number of nitrogens with zero attached hydrogens (tertiary/aromatic N) is 2. The Bertz CT molecular complexity index is 414. The number of anilines is 1. The number of rotatable bonds is 3. The van der Waals surface area contributed by atoms with Gasteiger partial charge in [0.25, 0.3) is 0 Å². The van der Waals surface area contributed by atoms with Crippen LogP contribution in [-0.2, 0) is 10.6 Å². The minimum Gasteiger partial charge on any atom is -0.381 e. The Morgan fingerprint density at radius 2 is 2.33 bits per heavy atom. The van der Waals surface area contributed by atoms with E-state index < -0.39 is 0 Å². The summed E-state index contributed by atoms with van der Waals surface area (Å²) < 4.78 is 5.41. The second-order valence-corrected chi connectivity index (χ2v) is 5.38. The SMILES string of the molecule is COC1CCN(c2ncc(CCl)cc2Cl)C(C)C1. The van der Waals surface area contributed by atoms with Crippen molar-refractivity contribution in [3.63, 3.8) is 0 Å². The highest BCUT2D eigenvalue weighted by Gasteiger charge is 2.27. The van der Waals surface area contributed by atoms with Crippen molar-refractivity contribution in [1.82, 2.24) is 4.98 Å². The predicted octanol–water partition coefficient (Wildman–Crippen LogP) is 3.48. The molecule has 1 aliphatic heterocycles. The summed E-state index contributed by atoms with van der Waals surface area (Å²) in [5.74, 6) is 1.29. The van der Waals surface area contributed by atoms with Crippen molar-refractivity contribution in [2.45, 2.75) is 37.8 Å². The van der Waals surface area contributed by atoms with Crippen molar-refractivity contribution in [3.05, 3.63) is 22.8 Å². The smallest absolute Gasteiger partial charge is 0.147 e. The second-order valence-electron chi connectivity index (χ2n) is 4.71. The van der Waals surface area contributed by atoms with E-state index in [0.717, 1.165) is 30.8 Å². The first-order valence-corrected chi connectivity index (χ1v) is 7.06. The van der Waals surface area contributed by atoms with Crippen LogP contribution < -0.4 is 4.90 Å². The van der Waals surface area contributed by atoms with E-state index in [1.54, 1.807) is 13.3 Å². The highest BCUT2D eigenvalue weighted by molar-refractivity contribution is 6.33. The lowest BCUT2D eigenvalue weighted by atomic mass is 10.0. The molecule has 5 heteroatoms. The molecule has 2 unspecified atom stereocenters. The first-order chi connectivity index (χ1) is 8.65. The lowest BCUT2D eigenvalue weighted by Gasteiger charge is -2.38. The van der Waals surface area contributed by atoms with E-state index in [2.05, 4.69) is 16.8 Å². The zero-order valence-electron chi connectivity index (χ0n) is 10.7. The molecule has 2 rings (SSSR count). The molecular formula is C13H18Cl2N2O. The standard InChI is InChI=1S/C13H18Cl2N2O/c1-9-5-11(18-2)3-4-17(9)13-12(15)6-10(7-14)8-16-13/h6,8-9,11H,3-5,7H2,1-2H3. The van der Waals surface area contributed by atoms with Crippen LogP contribution in [0, 0.1) is 0 Å². The van der Waals surface area contributed by atoms with Gasteiger partial charge in [-0.1, -0.05) is 11.6 Å². The molecule has 0 spiro atoms. The third-order valence-electron chi connectivity index (χ3n) is 3.47. The van der Waals surface area contributed by atoms with Crippen LogP contribution in [0.15, 0.2) is 12.3 Å². The zero-order chi connectivity index (χ0) is 13.1. The molecule has 0 bridgehead atoms. The average molecular weight is 289 g/mol. The molecule has 3 nitrogen and oxygen atoms in total. The highest BCUT2D eigenvalue weighted by Crippen LogP contribution is 2.30. The lowest BCUT2D eigenvalue weighted by Crippen LogP contribution is -2.43. The summed E-state index contributed by atoms with van der Waals surface area (Å²) in [4.78, 5) is 6.69. The van der Waals surface area contributed by atoms with Crippen molar-refractivity contribution in [2.24, 2.45) is 0 Å². The maximum Gasteiger partial charge on any atom is 0.147 e. The highest BCUT2D eigenvalue weighted by atomic mass is 35.5. The van der Waals surface area contributed by atoms with Gasteiger partial charge in [-0.05, 0) is 31.4 Å². The number of alkyl halides is 1. The number of piperidine rings is 1. The van der Waals surface area contributed by atoms with Crippen molar-refractivity contribution >= 4 is 29.0 Å². The summed E-state index contributed by atoms with van der Waals surface area (Å²) >= 11 is 12.1. The van der Waals surface area contributed by atoms with Crippen LogP contribution in [0.1, 0.15) is 25.3 Å². The van der Waals surface area contributed by atoms with Gasteiger partial charge >= 0.3 is 0 Å². The number of hydrogen-bond acceptors (Lipinski definition) is 3.